The molecule has 0 radical (unpaired) electrons. The molecule has 0 aliphatic rings. The second-order valence-electron chi connectivity index (χ2n) is 2.69. The zero-order valence-corrected chi connectivity index (χ0v) is 9.00. The Balaban J connectivity index is 2.29. The molecule has 0 atom stereocenters. The van der Waals surface area contributed by atoms with Gasteiger partial charge in [-0.05, 0) is 0 Å². The molecule has 0 aliphatic carbocycles. The van der Waals surface area contributed by atoms with E-state index in [1.165, 1.54) is 29.1 Å². The molecule has 0 fully saturated rings. The van der Waals surface area contributed by atoms with E-state index in [1.54, 1.807) is 0 Å². The van der Waals surface area contributed by atoms with E-state index in [0.29, 0.717) is 16.9 Å². The molecule has 2 aromatic rings. The maximum atomic E-state index is 8.70. The fourth-order valence-corrected chi connectivity index (χ4v) is 1.55. The Kier molecular flexibility index (Phi) is 3.27. The molecule has 0 aliphatic heterocycles. The van der Waals surface area contributed by atoms with Gasteiger partial charge in [-0.15, -0.1) is 0 Å². The molecule has 2 heterocycles. The second-order valence-corrected chi connectivity index (χ2v) is 3.75. The summed E-state index contributed by atoms with van der Waals surface area (Å²) < 4.78 is 1.39. The molecule has 2 rings (SSSR count). The molecule has 2 aromatic heterocycles. The van der Waals surface area contributed by atoms with Crippen LogP contribution in [0.1, 0.15) is 0 Å². The van der Waals surface area contributed by atoms with Gasteiger partial charge in [0, 0.05) is 5.75 Å². The smallest absolute Gasteiger partial charge is 0.257 e. The first-order valence-electron chi connectivity index (χ1n) is 4.40. The summed E-state index contributed by atoms with van der Waals surface area (Å²) in [5.41, 5.74) is 5.54. The predicted molar refractivity (Wildman–Crippen MR) is 57.0 cm³/mol. The lowest BCUT2D eigenvalue weighted by Gasteiger charge is -2.02. The quantitative estimate of drug-likeness (QED) is 0.661. The zero-order valence-electron chi connectivity index (χ0n) is 8.19. The number of aliphatic hydroxyl groups excluding tert-OH is 1. The molecule has 3 N–H and O–H groups in total. The van der Waals surface area contributed by atoms with Crippen molar-refractivity contribution in [2.24, 2.45) is 0 Å². The van der Waals surface area contributed by atoms with Gasteiger partial charge in [0.05, 0.1) is 6.61 Å². The number of nitrogen functional groups attached to an aromatic ring is 1. The van der Waals surface area contributed by atoms with Crippen molar-refractivity contribution in [3.05, 3.63) is 12.7 Å². The van der Waals surface area contributed by atoms with Gasteiger partial charge in [-0.25, -0.2) is 4.98 Å². The summed E-state index contributed by atoms with van der Waals surface area (Å²) in [6.07, 6.45) is 2.84. The van der Waals surface area contributed by atoms with Gasteiger partial charge in [-0.2, -0.15) is 24.7 Å². The van der Waals surface area contributed by atoms with Gasteiger partial charge in [0.1, 0.15) is 12.7 Å². The van der Waals surface area contributed by atoms with E-state index >= 15 is 0 Å². The number of nitrogens with two attached hydrogens (primary N) is 1. The van der Waals surface area contributed by atoms with Gasteiger partial charge >= 0.3 is 0 Å². The standard InChI is InChI=1S/C7H9N7OS/c8-5-11-6(14-4-9-3-10-14)13-7(12-5)16-2-1-15/h3-4,15H,1-2H2,(H2,8,11,12,13). The van der Waals surface area contributed by atoms with Crippen LogP contribution in [0.25, 0.3) is 5.95 Å². The average molecular weight is 239 g/mol. The van der Waals surface area contributed by atoms with E-state index in [-0.39, 0.29) is 12.6 Å². The van der Waals surface area contributed by atoms with Gasteiger partial charge in [0.15, 0.2) is 5.16 Å². The number of thioether (sulfide) groups is 1. The van der Waals surface area contributed by atoms with Crippen LogP contribution in [0.15, 0.2) is 17.8 Å². The van der Waals surface area contributed by atoms with Gasteiger partial charge in [0.25, 0.3) is 5.95 Å². The molecule has 8 nitrogen and oxygen atoms in total. The lowest BCUT2D eigenvalue weighted by atomic mass is 10.9. The molecular formula is C7H9N7OS. The second kappa shape index (κ2) is 4.86. The van der Waals surface area contributed by atoms with Crippen molar-refractivity contribution in [1.82, 2.24) is 29.7 Å². The van der Waals surface area contributed by atoms with Crippen LogP contribution < -0.4 is 5.73 Å². The maximum absolute atomic E-state index is 8.70. The Morgan fingerprint density at radius 3 is 2.94 bits per heavy atom. The lowest BCUT2D eigenvalue weighted by Crippen LogP contribution is -2.08. The molecule has 0 saturated heterocycles. The normalized spacial score (nSPS) is 10.6. The summed E-state index contributed by atoms with van der Waals surface area (Å²) in [6.45, 7) is 0.0505. The predicted octanol–water partition coefficient (Wildman–Crippen LogP) is -0.881. The highest BCUT2D eigenvalue weighted by atomic mass is 32.2. The Morgan fingerprint density at radius 2 is 2.25 bits per heavy atom. The molecule has 0 saturated carbocycles. The van der Waals surface area contributed by atoms with E-state index in [4.69, 9.17) is 10.8 Å². The van der Waals surface area contributed by atoms with Crippen molar-refractivity contribution in [3.63, 3.8) is 0 Å². The summed E-state index contributed by atoms with van der Waals surface area (Å²) in [5.74, 6) is 0.923. The van der Waals surface area contributed by atoms with Crippen LogP contribution in [0.2, 0.25) is 0 Å². The van der Waals surface area contributed by atoms with Crippen molar-refractivity contribution in [3.8, 4) is 5.95 Å². The van der Waals surface area contributed by atoms with Gasteiger partial charge in [0.2, 0.25) is 5.95 Å². The van der Waals surface area contributed by atoms with Crippen molar-refractivity contribution < 1.29 is 5.11 Å². The Hall–Kier alpha value is -1.74. The first kappa shape index (κ1) is 10.8. The van der Waals surface area contributed by atoms with Crippen LogP contribution in [0, 0.1) is 0 Å². The minimum Gasteiger partial charge on any atom is -0.396 e. The van der Waals surface area contributed by atoms with Crippen LogP contribution in [0.4, 0.5) is 5.95 Å². The summed E-state index contributed by atoms with van der Waals surface area (Å²) in [6, 6.07) is 0. The minimum absolute atomic E-state index is 0.0505. The fourth-order valence-electron chi connectivity index (χ4n) is 0.976. The van der Waals surface area contributed by atoms with Crippen LogP contribution in [0.3, 0.4) is 0 Å². The van der Waals surface area contributed by atoms with Crippen LogP contribution in [-0.4, -0.2) is 47.2 Å². The zero-order chi connectivity index (χ0) is 11.4. The molecule has 0 bridgehead atoms. The maximum Gasteiger partial charge on any atom is 0.257 e. The highest BCUT2D eigenvalue weighted by Crippen LogP contribution is 2.13. The Bertz CT molecular complexity index is 460. The highest BCUT2D eigenvalue weighted by molar-refractivity contribution is 7.99. The van der Waals surface area contributed by atoms with Crippen molar-refractivity contribution in [1.29, 1.82) is 0 Å². The van der Waals surface area contributed by atoms with Crippen LogP contribution in [0.5, 0.6) is 0 Å². The SMILES string of the molecule is Nc1nc(SCCO)nc(-n2cncn2)n1. The third kappa shape index (κ3) is 2.44. The van der Waals surface area contributed by atoms with E-state index in [9.17, 15) is 0 Å². The van der Waals surface area contributed by atoms with Crippen molar-refractivity contribution >= 4 is 17.7 Å². The van der Waals surface area contributed by atoms with Crippen molar-refractivity contribution in [2.75, 3.05) is 18.1 Å². The largest absolute Gasteiger partial charge is 0.396 e. The third-order valence-corrected chi connectivity index (χ3v) is 2.39. The molecule has 0 unspecified atom stereocenters. The number of anilines is 1. The summed E-state index contributed by atoms with van der Waals surface area (Å²) in [5, 5.41) is 13.0. The van der Waals surface area contributed by atoms with E-state index in [1.807, 2.05) is 0 Å². The highest BCUT2D eigenvalue weighted by Gasteiger charge is 2.06. The lowest BCUT2D eigenvalue weighted by molar-refractivity contribution is 0.322. The van der Waals surface area contributed by atoms with E-state index < -0.39 is 0 Å². The monoisotopic (exact) mass is 239 g/mol. The molecule has 0 amide bonds. The number of aromatic nitrogens is 6. The first-order chi connectivity index (χ1) is 7.79. The van der Waals surface area contributed by atoms with E-state index in [0.717, 1.165) is 0 Å². The Labute approximate surface area is 95.0 Å². The molecule has 0 spiro atoms. The topological polar surface area (TPSA) is 116 Å². The number of aliphatic hydroxyl groups is 1. The first-order valence-corrected chi connectivity index (χ1v) is 5.38. The molecule has 0 aromatic carbocycles. The fraction of sp³-hybridized carbons (Fsp3) is 0.286. The van der Waals surface area contributed by atoms with E-state index in [2.05, 4.69) is 25.0 Å². The Morgan fingerprint density at radius 1 is 1.38 bits per heavy atom. The van der Waals surface area contributed by atoms with Gasteiger partial charge in [-0.1, -0.05) is 11.8 Å². The number of rotatable bonds is 4. The summed E-state index contributed by atoms with van der Waals surface area (Å²) in [7, 11) is 0. The third-order valence-electron chi connectivity index (χ3n) is 1.57. The number of nitrogens with zero attached hydrogens (tertiary/aromatic N) is 6. The van der Waals surface area contributed by atoms with Gasteiger partial charge in [-0.3, -0.25) is 0 Å². The van der Waals surface area contributed by atoms with Crippen LogP contribution in [-0.2, 0) is 0 Å². The minimum atomic E-state index is 0.0505. The number of hydrogen-bond acceptors (Lipinski definition) is 8. The summed E-state index contributed by atoms with van der Waals surface area (Å²) >= 11 is 1.29. The molecule has 9 heteroatoms. The molecule has 16 heavy (non-hydrogen) atoms. The van der Waals surface area contributed by atoms with Crippen molar-refractivity contribution in [2.45, 2.75) is 5.16 Å². The van der Waals surface area contributed by atoms with Gasteiger partial charge < -0.3 is 10.8 Å². The average Bonchev–Trinajstić information content (AvgIpc) is 2.79. The van der Waals surface area contributed by atoms with Crippen LogP contribution >= 0.6 is 11.8 Å². The summed E-state index contributed by atoms with van der Waals surface area (Å²) in [4.78, 5) is 15.8. The molecule has 84 valence electrons. The number of hydrogen-bond donors (Lipinski definition) is 2. The molecular weight excluding hydrogens is 230 g/mol.